The summed E-state index contributed by atoms with van der Waals surface area (Å²) in [6.45, 7) is 0. The summed E-state index contributed by atoms with van der Waals surface area (Å²) in [7, 11) is 0. The third-order valence-corrected chi connectivity index (χ3v) is 12.9. The van der Waals surface area contributed by atoms with Crippen LogP contribution in [-0.2, 0) is 0 Å². The highest BCUT2D eigenvalue weighted by atomic mass is 32.1. The average molecular weight is 750 g/mol. The summed E-state index contributed by atoms with van der Waals surface area (Å²) >= 11 is 3.70. The number of nitrogens with zero attached hydrogens (tertiary/aromatic N) is 3. The van der Waals surface area contributed by atoms with Crippen LogP contribution in [0.15, 0.2) is 188 Å². The van der Waals surface area contributed by atoms with E-state index < -0.39 is 0 Å². The topological polar surface area (TPSA) is 38.7 Å². The lowest BCUT2D eigenvalue weighted by atomic mass is 9.93. The maximum atomic E-state index is 5.07. The Balaban J connectivity index is 0.994. The highest BCUT2D eigenvalue weighted by molar-refractivity contribution is 7.26. The normalized spacial score (nSPS) is 11.6. The van der Waals surface area contributed by atoms with E-state index in [1.54, 1.807) is 0 Å². The van der Waals surface area contributed by atoms with Crippen molar-refractivity contribution in [1.82, 2.24) is 15.0 Å². The number of aromatic nitrogens is 3. The van der Waals surface area contributed by atoms with Gasteiger partial charge in [-0.3, -0.25) is 0 Å². The summed E-state index contributed by atoms with van der Waals surface area (Å²) in [5.74, 6) is 1.97. The maximum Gasteiger partial charge on any atom is 0.164 e. The molecular formula is C51H31N3S2. The zero-order chi connectivity index (χ0) is 37.0. The van der Waals surface area contributed by atoms with Crippen molar-refractivity contribution >= 4 is 63.0 Å². The molecule has 0 bridgehead atoms. The zero-order valence-corrected chi connectivity index (χ0v) is 31.7. The van der Waals surface area contributed by atoms with Crippen molar-refractivity contribution in [3.05, 3.63) is 188 Å². The van der Waals surface area contributed by atoms with Crippen molar-refractivity contribution in [3.63, 3.8) is 0 Å². The van der Waals surface area contributed by atoms with Crippen molar-refractivity contribution < 1.29 is 0 Å². The molecule has 5 heteroatoms. The smallest absolute Gasteiger partial charge is 0.164 e. The van der Waals surface area contributed by atoms with Gasteiger partial charge in [0.25, 0.3) is 0 Å². The predicted molar refractivity (Wildman–Crippen MR) is 238 cm³/mol. The molecule has 0 fully saturated rings. The van der Waals surface area contributed by atoms with Gasteiger partial charge in [0.1, 0.15) is 0 Å². The quantitative estimate of drug-likeness (QED) is 0.170. The Bertz CT molecular complexity index is 3240. The number of benzene rings is 8. The first kappa shape index (κ1) is 32.6. The fourth-order valence-corrected chi connectivity index (χ4v) is 10.2. The van der Waals surface area contributed by atoms with Crippen LogP contribution in [0.2, 0.25) is 0 Å². The Morgan fingerprint density at radius 2 is 0.732 bits per heavy atom. The van der Waals surface area contributed by atoms with Crippen LogP contribution >= 0.6 is 22.7 Å². The molecule has 0 saturated heterocycles. The molecule has 0 aliphatic carbocycles. The second-order valence-corrected chi connectivity index (χ2v) is 16.1. The molecule has 8 aromatic carbocycles. The van der Waals surface area contributed by atoms with Crippen molar-refractivity contribution in [1.29, 1.82) is 0 Å². The molecule has 11 rings (SSSR count). The van der Waals surface area contributed by atoms with Gasteiger partial charge in [0.15, 0.2) is 17.5 Å². The van der Waals surface area contributed by atoms with Crippen LogP contribution in [0.25, 0.3) is 108 Å². The predicted octanol–water partition coefficient (Wildman–Crippen LogP) is 14.6. The van der Waals surface area contributed by atoms with Gasteiger partial charge >= 0.3 is 0 Å². The van der Waals surface area contributed by atoms with Crippen LogP contribution < -0.4 is 0 Å². The third-order valence-electron chi connectivity index (χ3n) is 10.6. The van der Waals surface area contributed by atoms with Crippen LogP contribution in [0.1, 0.15) is 0 Å². The number of hydrogen-bond acceptors (Lipinski definition) is 5. The van der Waals surface area contributed by atoms with Crippen molar-refractivity contribution in [2.24, 2.45) is 0 Å². The lowest BCUT2D eigenvalue weighted by molar-refractivity contribution is 1.07. The average Bonchev–Trinajstić information content (AvgIpc) is 3.85. The van der Waals surface area contributed by atoms with Crippen LogP contribution in [0.5, 0.6) is 0 Å². The van der Waals surface area contributed by atoms with Gasteiger partial charge in [-0.1, -0.05) is 170 Å². The molecule has 262 valence electrons. The van der Waals surface area contributed by atoms with Crippen molar-refractivity contribution in [2.75, 3.05) is 0 Å². The molecule has 3 nitrogen and oxygen atoms in total. The van der Waals surface area contributed by atoms with Crippen molar-refractivity contribution in [3.8, 4) is 67.5 Å². The van der Waals surface area contributed by atoms with Gasteiger partial charge in [-0.15, -0.1) is 22.7 Å². The Hall–Kier alpha value is -6.79. The number of rotatable bonds is 6. The molecule has 0 saturated carbocycles. The highest BCUT2D eigenvalue weighted by Gasteiger charge is 2.17. The summed E-state index contributed by atoms with van der Waals surface area (Å²) in [4.78, 5) is 15.1. The van der Waals surface area contributed by atoms with Gasteiger partial charge in [-0.05, 0) is 46.0 Å². The van der Waals surface area contributed by atoms with Crippen LogP contribution in [0, 0.1) is 0 Å². The van der Waals surface area contributed by atoms with Gasteiger partial charge < -0.3 is 0 Å². The summed E-state index contributed by atoms with van der Waals surface area (Å²) in [5.41, 5.74) is 10.2. The summed E-state index contributed by atoms with van der Waals surface area (Å²) < 4.78 is 5.11. The third kappa shape index (κ3) is 5.68. The minimum absolute atomic E-state index is 0.652. The van der Waals surface area contributed by atoms with Gasteiger partial charge in [0, 0.05) is 62.6 Å². The Labute approximate surface area is 331 Å². The van der Waals surface area contributed by atoms with Gasteiger partial charge in [-0.25, -0.2) is 15.0 Å². The van der Waals surface area contributed by atoms with Crippen molar-refractivity contribution in [2.45, 2.75) is 0 Å². The molecule has 0 atom stereocenters. The minimum Gasteiger partial charge on any atom is -0.208 e. The Morgan fingerprint density at radius 3 is 1.46 bits per heavy atom. The fourth-order valence-electron chi connectivity index (χ4n) is 7.81. The SMILES string of the molecule is c1ccc(-c2ccc(-c3nc(-c4ccccc4)nc(-c4ccc5c(c4)sc4cc(-c6ccccc6-c6cccc7c6sc6ccccc67)ccc45)n3)cc2)cc1. The largest absolute Gasteiger partial charge is 0.208 e. The van der Waals surface area contributed by atoms with Gasteiger partial charge in [0.05, 0.1) is 0 Å². The number of fused-ring (bicyclic) bond motifs is 6. The van der Waals surface area contributed by atoms with Crippen LogP contribution in [0.3, 0.4) is 0 Å². The number of thiophene rings is 2. The van der Waals surface area contributed by atoms with Crippen LogP contribution in [0.4, 0.5) is 0 Å². The van der Waals surface area contributed by atoms with Gasteiger partial charge in [0.2, 0.25) is 0 Å². The second-order valence-electron chi connectivity index (χ2n) is 14.0. The standard InChI is InChI=1S/C51H31N3S2/c1-3-12-32(13-4-1)33-22-24-35(25-23-33)50-52-49(34-14-5-2-6-15-34)53-51(54-50)37-27-29-42-41-28-26-36(30-46(41)55-47(42)31-37)38-16-7-8-17-39(38)43-19-11-20-44-40-18-9-10-21-45(40)56-48(43)44/h1-31H. The molecule has 56 heavy (non-hydrogen) atoms. The minimum atomic E-state index is 0.652. The van der Waals surface area contributed by atoms with E-state index in [-0.39, 0.29) is 0 Å². The molecule has 0 N–H and O–H groups in total. The van der Waals surface area contributed by atoms with E-state index in [0.29, 0.717) is 17.5 Å². The fraction of sp³-hybridized carbons (Fsp3) is 0. The summed E-state index contributed by atoms with van der Waals surface area (Å²) in [5, 5.41) is 5.12. The summed E-state index contributed by atoms with van der Waals surface area (Å²) in [6, 6.07) is 66.8. The number of hydrogen-bond donors (Lipinski definition) is 0. The lowest BCUT2D eigenvalue weighted by Gasteiger charge is -2.11. The van der Waals surface area contributed by atoms with E-state index in [4.69, 9.17) is 15.0 Å². The monoisotopic (exact) mass is 749 g/mol. The molecule has 11 aromatic rings. The first-order valence-corrected chi connectivity index (χ1v) is 20.3. The Kier molecular flexibility index (Phi) is 7.87. The van der Waals surface area contributed by atoms with Gasteiger partial charge in [-0.2, -0.15) is 0 Å². The summed E-state index contributed by atoms with van der Waals surface area (Å²) in [6.07, 6.45) is 0. The molecule has 0 spiro atoms. The molecule has 0 aliphatic heterocycles. The second kappa shape index (κ2) is 13.5. The molecular weight excluding hydrogens is 719 g/mol. The molecule has 0 aliphatic rings. The van der Waals surface area contributed by atoms with E-state index >= 15 is 0 Å². The molecule has 0 radical (unpaired) electrons. The first-order valence-electron chi connectivity index (χ1n) is 18.7. The van der Waals surface area contributed by atoms with E-state index in [2.05, 4.69) is 164 Å². The molecule has 0 amide bonds. The molecule has 3 heterocycles. The van der Waals surface area contributed by atoms with E-state index in [0.717, 1.165) is 22.3 Å². The molecule has 3 aromatic heterocycles. The highest BCUT2D eigenvalue weighted by Crippen LogP contribution is 2.44. The van der Waals surface area contributed by atoms with Crippen LogP contribution in [-0.4, -0.2) is 15.0 Å². The molecule has 0 unspecified atom stereocenters. The maximum absolute atomic E-state index is 5.07. The van der Waals surface area contributed by atoms with E-state index in [1.807, 2.05) is 46.9 Å². The first-order chi connectivity index (χ1) is 27.7. The van der Waals surface area contributed by atoms with E-state index in [1.165, 1.54) is 68.2 Å². The zero-order valence-electron chi connectivity index (χ0n) is 30.1. The lowest BCUT2D eigenvalue weighted by Crippen LogP contribution is -2.00. The Morgan fingerprint density at radius 1 is 0.268 bits per heavy atom. The van der Waals surface area contributed by atoms with E-state index in [9.17, 15) is 0 Å².